The Hall–Kier alpha value is -2.43. The number of H-pyrrole nitrogens is 1. The van der Waals surface area contributed by atoms with Gasteiger partial charge in [0.05, 0.1) is 17.5 Å². The van der Waals surface area contributed by atoms with Gasteiger partial charge in [-0.25, -0.2) is 15.0 Å². The molecule has 0 aliphatic heterocycles. The zero-order valence-corrected chi connectivity index (χ0v) is 10.9. The molecule has 1 aromatic carbocycles. The molecule has 0 atom stereocenters. The lowest BCUT2D eigenvalue weighted by Crippen LogP contribution is -2.03. The van der Waals surface area contributed by atoms with E-state index in [0.717, 1.165) is 34.2 Å². The van der Waals surface area contributed by atoms with Crippen LogP contribution in [0.1, 0.15) is 17.3 Å². The number of aryl methyl sites for hydroxylation is 1. The SMILES string of the molecule is CNc1cc(C)nc(Cc2nc3ccccc3[nH]2)n1. The molecule has 19 heavy (non-hydrogen) atoms. The summed E-state index contributed by atoms with van der Waals surface area (Å²) in [6.07, 6.45) is 0.602. The van der Waals surface area contributed by atoms with E-state index in [1.165, 1.54) is 0 Å². The van der Waals surface area contributed by atoms with Gasteiger partial charge >= 0.3 is 0 Å². The quantitative estimate of drug-likeness (QED) is 0.751. The number of anilines is 1. The van der Waals surface area contributed by atoms with Crippen molar-refractivity contribution in [2.45, 2.75) is 13.3 Å². The highest BCUT2D eigenvalue weighted by Crippen LogP contribution is 2.13. The van der Waals surface area contributed by atoms with Crippen LogP contribution in [0.2, 0.25) is 0 Å². The third kappa shape index (κ3) is 2.40. The van der Waals surface area contributed by atoms with Gasteiger partial charge in [-0.2, -0.15) is 0 Å². The summed E-state index contributed by atoms with van der Waals surface area (Å²) in [6, 6.07) is 9.90. The number of para-hydroxylation sites is 2. The molecule has 3 rings (SSSR count). The van der Waals surface area contributed by atoms with Crippen molar-refractivity contribution in [3.05, 3.63) is 47.7 Å². The molecule has 3 aromatic rings. The van der Waals surface area contributed by atoms with Gasteiger partial charge in [0.1, 0.15) is 17.5 Å². The second-order valence-electron chi connectivity index (χ2n) is 4.44. The molecule has 5 nitrogen and oxygen atoms in total. The Labute approximate surface area is 111 Å². The lowest BCUT2D eigenvalue weighted by Gasteiger charge is -2.03. The van der Waals surface area contributed by atoms with Crippen molar-refractivity contribution in [3.8, 4) is 0 Å². The molecule has 0 unspecified atom stereocenters. The number of hydrogen-bond acceptors (Lipinski definition) is 4. The van der Waals surface area contributed by atoms with Crippen LogP contribution in [0.25, 0.3) is 11.0 Å². The number of rotatable bonds is 3. The fraction of sp³-hybridized carbons (Fsp3) is 0.214. The molecule has 96 valence electrons. The minimum Gasteiger partial charge on any atom is -0.373 e. The molecule has 0 radical (unpaired) electrons. The molecule has 2 aromatic heterocycles. The monoisotopic (exact) mass is 253 g/mol. The summed E-state index contributed by atoms with van der Waals surface area (Å²) in [5, 5.41) is 3.04. The average Bonchev–Trinajstić information content (AvgIpc) is 2.80. The first-order valence-electron chi connectivity index (χ1n) is 6.20. The molecule has 0 fully saturated rings. The molecular formula is C14H15N5. The van der Waals surface area contributed by atoms with E-state index in [-0.39, 0.29) is 0 Å². The molecule has 5 heteroatoms. The molecule has 0 aliphatic rings. The fourth-order valence-electron chi connectivity index (χ4n) is 2.08. The minimum absolute atomic E-state index is 0.602. The molecule has 0 saturated heterocycles. The largest absolute Gasteiger partial charge is 0.373 e. The average molecular weight is 253 g/mol. The van der Waals surface area contributed by atoms with Crippen molar-refractivity contribution >= 4 is 16.9 Å². The maximum absolute atomic E-state index is 4.54. The standard InChI is InChI=1S/C14H15N5/c1-9-7-12(15-2)19-13(16-9)8-14-17-10-5-3-4-6-11(10)18-14/h3-7H,8H2,1-2H3,(H,17,18)(H,15,16,19). The number of nitrogens with zero attached hydrogens (tertiary/aromatic N) is 3. The van der Waals surface area contributed by atoms with Gasteiger partial charge in [0.15, 0.2) is 0 Å². The summed E-state index contributed by atoms with van der Waals surface area (Å²) in [4.78, 5) is 16.7. The number of imidazole rings is 1. The van der Waals surface area contributed by atoms with Crippen LogP contribution >= 0.6 is 0 Å². The van der Waals surface area contributed by atoms with Gasteiger partial charge in [0.2, 0.25) is 0 Å². The van der Waals surface area contributed by atoms with Gasteiger partial charge in [-0.3, -0.25) is 0 Å². The van der Waals surface area contributed by atoms with Crippen molar-refractivity contribution < 1.29 is 0 Å². The van der Waals surface area contributed by atoms with Crippen molar-refractivity contribution in [2.75, 3.05) is 12.4 Å². The third-order valence-corrected chi connectivity index (χ3v) is 2.92. The number of benzene rings is 1. The van der Waals surface area contributed by atoms with E-state index in [0.29, 0.717) is 6.42 Å². The zero-order chi connectivity index (χ0) is 13.2. The van der Waals surface area contributed by atoms with Gasteiger partial charge in [0.25, 0.3) is 0 Å². The van der Waals surface area contributed by atoms with Crippen LogP contribution in [0.5, 0.6) is 0 Å². The van der Waals surface area contributed by atoms with Crippen molar-refractivity contribution in [2.24, 2.45) is 0 Å². The minimum atomic E-state index is 0.602. The van der Waals surface area contributed by atoms with Crippen LogP contribution < -0.4 is 5.32 Å². The van der Waals surface area contributed by atoms with Crippen LogP contribution in [-0.4, -0.2) is 27.0 Å². The number of aromatic nitrogens is 4. The van der Waals surface area contributed by atoms with E-state index in [1.807, 2.05) is 44.3 Å². The van der Waals surface area contributed by atoms with Gasteiger partial charge in [-0.05, 0) is 19.1 Å². The Morgan fingerprint density at radius 2 is 2.00 bits per heavy atom. The van der Waals surface area contributed by atoms with Gasteiger partial charge in [-0.15, -0.1) is 0 Å². The Morgan fingerprint density at radius 1 is 1.16 bits per heavy atom. The maximum atomic E-state index is 4.54. The fourth-order valence-corrected chi connectivity index (χ4v) is 2.08. The highest BCUT2D eigenvalue weighted by molar-refractivity contribution is 5.74. The first kappa shape index (κ1) is 11.6. The normalized spacial score (nSPS) is 10.8. The third-order valence-electron chi connectivity index (χ3n) is 2.92. The van der Waals surface area contributed by atoms with E-state index in [2.05, 4.69) is 25.3 Å². The molecule has 0 aliphatic carbocycles. The molecule has 0 bridgehead atoms. The lowest BCUT2D eigenvalue weighted by atomic mass is 10.3. The molecule has 2 N–H and O–H groups in total. The summed E-state index contributed by atoms with van der Waals surface area (Å²) in [6.45, 7) is 1.96. The van der Waals surface area contributed by atoms with E-state index in [1.54, 1.807) is 0 Å². The highest BCUT2D eigenvalue weighted by Gasteiger charge is 2.07. The van der Waals surface area contributed by atoms with E-state index >= 15 is 0 Å². The zero-order valence-electron chi connectivity index (χ0n) is 10.9. The van der Waals surface area contributed by atoms with Crippen LogP contribution in [0.4, 0.5) is 5.82 Å². The molecule has 0 amide bonds. The van der Waals surface area contributed by atoms with Crippen molar-refractivity contribution in [1.82, 2.24) is 19.9 Å². The summed E-state index contributed by atoms with van der Waals surface area (Å²) in [7, 11) is 1.85. The molecule has 0 saturated carbocycles. The summed E-state index contributed by atoms with van der Waals surface area (Å²) < 4.78 is 0. The lowest BCUT2D eigenvalue weighted by molar-refractivity contribution is 0.903. The second kappa shape index (κ2) is 4.68. The summed E-state index contributed by atoms with van der Waals surface area (Å²) in [5.41, 5.74) is 2.96. The Morgan fingerprint density at radius 3 is 2.79 bits per heavy atom. The van der Waals surface area contributed by atoms with Gasteiger partial charge in [-0.1, -0.05) is 12.1 Å². The van der Waals surface area contributed by atoms with Gasteiger partial charge < -0.3 is 10.3 Å². The molecule has 2 heterocycles. The first-order valence-corrected chi connectivity index (χ1v) is 6.20. The topological polar surface area (TPSA) is 66.5 Å². The summed E-state index contributed by atoms with van der Waals surface area (Å²) >= 11 is 0. The predicted octanol–water partition coefficient (Wildman–Crippen LogP) is 2.29. The number of nitrogens with one attached hydrogen (secondary N) is 2. The van der Waals surface area contributed by atoms with E-state index < -0.39 is 0 Å². The first-order chi connectivity index (χ1) is 9.24. The number of hydrogen-bond donors (Lipinski definition) is 2. The van der Waals surface area contributed by atoms with Crippen LogP contribution in [0.3, 0.4) is 0 Å². The Bertz CT molecular complexity index is 684. The van der Waals surface area contributed by atoms with E-state index in [4.69, 9.17) is 0 Å². The van der Waals surface area contributed by atoms with Crippen molar-refractivity contribution in [3.63, 3.8) is 0 Å². The smallest absolute Gasteiger partial charge is 0.138 e. The van der Waals surface area contributed by atoms with Crippen LogP contribution in [0.15, 0.2) is 30.3 Å². The second-order valence-corrected chi connectivity index (χ2v) is 4.44. The predicted molar refractivity (Wildman–Crippen MR) is 75.2 cm³/mol. The number of aromatic amines is 1. The molecule has 0 spiro atoms. The van der Waals surface area contributed by atoms with Crippen LogP contribution in [0, 0.1) is 6.92 Å². The Balaban J connectivity index is 1.94. The summed E-state index contributed by atoms with van der Waals surface area (Å²) in [5.74, 6) is 2.48. The highest BCUT2D eigenvalue weighted by atomic mass is 15.0. The molecular weight excluding hydrogens is 238 g/mol. The van der Waals surface area contributed by atoms with Gasteiger partial charge in [0, 0.05) is 18.8 Å². The number of fused-ring (bicyclic) bond motifs is 1. The maximum Gasteiger partial charge on any atom is 0.138 e. The van der Waals surface area contributed by atoms with E-state index in [9.17, 15) is 0 Å². The van der Waals surface area contributed by atoms with Crippen LogP contribution in [-0.2, 0) is 6.42 Å². The van der Waals surface area contributed by atoms with Crippen molar-refractivity contribution in [1.29, 1.82) is 0 Å². The Kier molecular flexibility index (Phi) is 2.87.